The first-order valence-electron chi connectivity index (χ1n) is 11.6. The Morgan fingerprint density at radius 2 is 1.19 bits per heavy atom. The molecule has 0 amide bonds. The molecule has 2 heteroatoms. The van der Waals surface area contributed by atoms with Gasteiger partial charge in [0, 0.05) is 4.83 Å². The second-order valence-corrected chi connectivity index (χ2v) is 9.28. The highest BCUT2D eigenvalue weighted by Gasteiger charge is 2.04. The van der Waals surface area contributed by atoms with E-state index in [1.165, 1.54) is 102 Å². The molecule has 1 aromatic carbocycles. The first-order chi connectivity index (χ1) is 13.3. The molecule has 0 saturated carbocycles. The number of halogens is 1. The van der Waals surface area contributed by atoms with Crippen molar-refractivity contribution in [3.8, 4) is 0 Å². The van der Waals surface area contributed by atoms with Gasteiger partial charge in [0.05, 0.1) is 13.2 Å². The van der Waals surface area contributed by atoms with Crippen molar-refractivity contribution in [2.24, 2.45) is 0 Å². The molecule has 0 saturated heterocycles. The minimum absolute atomic E-state index is 0.499. The Morgan fingerprint density at radius 1 is 0.704 bits per heavy atom. The van der Waals surface area contributed by atoms with Crippen LogP contribution in [0.2, 0.25) is 0 Å². The lowest BCUT2D eigenvalue weighted by atomic mass is 10.0. The monoisotopic (exact) mass is 438 g/mol. The molecule has 0 bridgehead atoms. The van der Waals surface area contributed by atoms with E-state index in [0.717, 1.165) is 13.2 Å². The first kappa shape index (κ1) is 24.7. The molecular formula is C25H43BrO. The lowest BCUT2D eigenvalue weighted by Crippen LogP contribution is -2.08. The number of ether oxygens (including phenoxy) is 1. The third kappa shape index (κ3) is 16.3. The Kier molecular flexibility index (Phi) is 17.4. The smallest absolute Gasteiger partial charge is 0.0717 e. The average molecular weight is 440 g/mol. The van der Waals surface area contributed by atoms with Crippen LogP contribution in [0.15, 0.2) is 30.3 Å². The van der Waals surface area contributed by atoms with Crippen LogP contribution < -0.4 is 0 Å². The van der Waals surface area contributed by atoms with Gasteiger partial charge < -0.3 is 4.74 Å². The second-order valence-electron chi connectivity index (χ2n) is 7.98. The van der Waals surface area contributed by atoms with Gasteiger partial charge in [0.15, 0.2) is 0 Å². The van der Waals surface area contributed by atoms with Crippen LogP contribution in [0.3, 0.4) is 0 Å². The second kappa shape index (κ2) is 19.0. The lowest BCUT2D eigenvalue weighted by molar-refractivity contribution is 0.121. The summed E-state index contributed by atoms with van der Waals surface area (Å²) in [5, 5.41) is 0. The molecule has 0 aliphatic heterocycles. The highest BCUT2D eigenvalue weighted by molar-refractivity contribution is 9.09. The molecule has 0 aliphatic rings. The molecule has 1 atom stereocenters. The van der Waals surface area contributed by atoms with Crippen LogP contribution in [-0.4, -0.2) is 11.4 Å². The fourth-order valence-corrected chi connectivity index (χ4v) is 4.03. The van der Waals surface area contributed by atoms with Gasteiger partial charge in [-0.3, -0.25) is 0 Å². The number of hydrogen-bond acceptors (Lipinski definition) is 1. The van der Waals surface area contributed by atoms with Crippen molar-refractivity contribution in [1.29, 1.82) is 0 Å². The predicted octanol–water partition coefficient (Wildman–Crippen LogP) is 8.84. The van der Waals surface area contributed by atoms with E-state index in [1.54, 1.807) is 0 Å². The zero-order valence-corrected chi connectivity index (χ0v) is 19.4. The summed E-state index contributed by atoms with van der Waals surface area (Å²) in [5.74, 6) is 0. The molecule has 0 N–H and O–H groups in total. The number of unbranched alkanes of at least 4 members (excludes halogenated alkanes) is 13. The Morgan fingerprint density at radius 3 is 1.70 bits per heavy atom. The lowest BCUT2D eigenvalue weighted by Gasteiger charge is -2.10. The van der Waals surface area contributed by atoms with Crippen molar-refractivity contribution in [3.05, 3.63) is 35.9 Å². The van der Waals surface area contributed by atoms with Crippen LogP contribution in [0, 0.1) is 0 Å². The number of alkyl halides is 1. The summed E-state index contributed by atoms with van der Waals surface area (Å²) in [6.07, 6.45) is 21.2. The molecule has 0 spiro atoms. The van der Waals surface area contributed by atoms with Crippen LogP contribution in [0.1, 0.15) is 109 Å². The van der Waals surface area contributed by atoms with Gasteiger partial charge >= 0.3 is 0 Å². The summed E-state index contributed by atoms with van der Waals surface area (Å²) in [6, 6.07) is 10.4. The van der Waals surface area contributed by atoms with Gasteiger partial charge in [-0.05, 0) is 12.0 Å². The van der Waals surface area contributed by atoms with E-state index in [0.29, 0.717) is 4.83 Å². The number of hydrogen-bond donors (Lipinski definition) is 0. The van der Waals surface area contributed by atoms with E-state index < -0.39 is 0 Å². The largest absolute Gasteiger partial charge is 0.376 e. The summed E-state index contributed by atoms with van der Waals surface area (Å²) in [4.78, 5) is 0.499. The van der Waals surface area contributed by atoms with E-state index in [9.17, 15) is 0 Å². The quantitative estimate of drug-likeness (QED) is 0.154. The summed E-state index contributed by atoms with van der Waals surface area (Å²) in [5.41, 5.74) is 1.26. The Bertz CT molecular complexity index is 406. The summed E-state index contributed by atoms with van der Waals surface area (Å²) in [6.45, 7) is 3.83. The third-order valence-corrected chi connectivity index (χ3v) is 6.00. The minimum Gasteiger partial charge on any atom is -0.376 e. The minimum atomic E-state index is 0.499. The molecule has 1 nitrogen and oxygen atoms in total. The Balaban J connectivity index is 1.77. The molecule has 27 heavy (non-hydrogen) atoms. The molecular weight excluding hydrogens is 396 g/mol. The Hall–Kier alpha value is -0.340. The van der Waals surface area contributed by atoms with Gasteiger partial charge in [0.25, 0.3) is 0 Å². The van der Waals surface area contributed by atoms with E-state index in [2.05, 4.69) is 47.1 Å². The first-order valence-corrected chi connectivity index (χ1v) is 12.5. The highest BCUT2D eigenvalue weighted by Crippen LogP contribution is 2.16. The van der Waals surface area contributed by atoms with Crippen molar-refractivity contribution >= 4 is 15.9 Å². The maximum absolute atomic E-state index is 5.80. The predicted molar refractivity (Wildman–Crippen MR) is 124 cm³/mol. The topological polar surface area (TPSA) is 9.23 Å². The number of rotatable bonds is 19. The molecule has 0 aliphatic carbocycles. The molecule has 1 unspecified atom stereocenters. The molecule has 0 aromatic heterocycles. The van der Waals surface area contributed by atoms with Crippen molar-refractivity contribution in [1.82, 2.24) is 0 Å². The van der Waals surface area contributed by atoms with Gasteiger partial charge in [0.1, 0.15) is 0 Å². The van der Waals surface area contributed by atoms with Gasteiger partial charge in [0.2, 0.25) is 0 Å². The van der Waals surface area contributed by atoms with Crippen LogP contribution in [0.5, 0.6) is 0 Å². The summed E-state index contributed by atoms with van der Waals surface area (Å²) < 4.78 is 5.80. The van der Waals surface area contributed by atoms with E-state index in [-0.39, 0.29) is 0 Å². The van der Waals surface area contributed by atoms with E-state index in [1.807, 2.05) is 6.07 Å². The van der Waals surface area contributed by atoms with Crippen LogP contribution >= 0.6 is 15.9 Å². The van der Waals surface area contributed by atoms with E-state index >= 15 is 0 Å². The third-order valence-electron chi connectivity index (χ3n) is 5.28. The number of benzene rings is 1. The standard InChI is InChI=1S/C25H43BrO/c1-2-3-4-5-6-7-8-9-10-11-12-13-14-18-21-25(26)23-27-22-24-19-16-15-17-20-24/h15-17,19-20,25H,2-14,18,21-23H2,1H3. The van der Waals surface area contributed by atoms with Crippen molar-refractivity contribution in [2.75, 3.05) is 6.61 Å². The van der Waals surface area contributed by atoms with Gasteiger partial charge in [-0.25, -0.2) is 0 Å². The van der Waals surface area contributed by atoms with Gasteiger partial charge in [-0.1, -0.05) is 143 Å². The maximum atomic E-state index is 5.80. The summed E-state index contributed by atoms with van der Waals surface area (Å²) in [7, 11) is 0. The highest BCUT2D eigenvalue weighted by atomic mass is 79.9. The molecule has 0 heterocycles. The fraction of sp³-hybridized carbons (Fsp3) is 0.760. The normalized spacial score (nSPS) is 12.4. The average Bonchev–Trinajstić information content (AvgIpc) is 2.69. The van der Waals surface area contributed by atoms with Gasteiger partial charge in [-0.15, -0.1) is 0 Å². The van der Waals surface area contributed by atoms with Crippen molar-refractivity contribution < 1.29 is 4.74 Å². The zero-order chi connectivity index (χ0) is 19.4. The maximum Gasteiger partial charge on any atom is 0.0717 e. The zero-order valence-electron chi connectivity index (χ0n) is 17.8. The Labute approximate surface area is 177 Å². The van der Waals surface area contributed by atoms with Crippen molar-refractivity contribution in [2.45, 2.75) is 115 Å². The summed E-state index contributed by atoms with van der Waals surface area (Å²) >= 11 is 3.76. The molecule has 1 rings (SSSR count). The van der Waals surface area contributed by atoms with Crippen LogP contribution in [0.25, 0.3) is 0 Å². The van der Waals surface area contributed by atoms with Crippen molar-refractivity contribution in [3.63, 3.8) is 0 Å². The fourth-order valence-electron chi connectivity index (χ4n) is 3.52. The SMILES string of the molecule is CCCCCCCCCCCCCCCCC(Br)COCc1ccccc1. The van der Waals surface area contributed by atoms with E-state index in [4.69, 9.17) is 4.74 Å². The molecule has 1 aromatic rings. The van der Waals surface area contributed by atoms with Gasteiger partial charge in [-0.2, -0.15) is 0 Å². The van der Waals surface area contributed by atoms with Crippen LogP contribution in [0.4, 0.5) is 0 Å². The van der Waals surface area contributed by atoms with Crippen LogP contribution in [-0.2, 0) is 11.3 Å². The molecule has 156 valence electrons. The molecule has 0 radical (unpaired) electrons. The molecule has 0 fully saturated rings.